The van der Waals surface area contributed by atoms with Crippen LogP contribution in [0.5, 0.6) is 0 Å². The highest BCUT2D eigenvalue weighted by molar-refractivity contribution is 7.99. The lowest BCUT2D eigenvalue weighted by Crippen LogP contribution is -2.30. The molecule has 0 aromatic heterocycles. The summed E-state index contributed by atoms with van der Waals surface area (Å²) in [5.74, 6) is 0.0781. The topological polar surface area (TPSA) is 55.4 Å². The van der Waals surface area contributed by atoms with Crippen molar-refractivity contribution in [3.63, 3.8) is 0 Å². The number of esters is 1. The Hall–Kier alpha value is -1.98. The molecule has 4 nitrogen and oxygen atoms in total. The maximum absolute atomic E-state index is 11.7. The van der Waals surface area contributed by atoms with E-state index >= 15 is 0 Å². The van der Waals surface area contributed by atoms with Crippen LogP contribution in [0.4, 0.5) is 0 Å². The average molecular weight is 378 g/mol. The Bertz CT molecular complexity index is 677. The number of halogens is 1. The summed E-state index contributed by atoms with van der Waals surface area (Å²) in [7, 11) is 0. The Morgan fingerprint density at radius 3 is 2.48 bits per heavy atom. The molecule has 0 saturated carbocycles. The Labute approximate surface area is 156 Å². The molecule has 0 aliphatic carbocycles. The summed E-state index contributed by atoms with van der Waals surface area (Å²) >= 11 is 7.44. The molecule has 2 rings (SSSR count). The van der Waals surface area contributed by atoms with Crippen LogP contribution in [-0.4, -0.2) is 30.8 Å². The molecule has 6 heteroatoms. The normalized spacial score (nSPS) is 10.3. The standard InChI is InChI=1S/C19H20ClNO3S/c20-16-7-9-17(10-8-16)25-13-12-21-18(22)14-24-19(23)11-6-15-4-2-1-3-5-15/h1-5,7-10H,6,11-14H2,(H,21,22). The first-order chi connectivity index (χ1) is 12.1. The summed E-state index contributed by atoms with van der Waals surface area (Å²) in [4.78, 5) is 24.4. The van der Waals surface area contributed by atoms with Crippen molar-refractivity contribution in [3.05, 3.63) is 65.2 Å². The van der Waals surface area contributed by atoms with Crippen LogP contribution in [0.15, 0.2) is 59.5 Å². The number of hydrogen-bond acceptors (Lipinski definition) is 4. The van der Waals surface area contributed by atoms with Crippen LogP contribution < -0.4 is 5.32 Å². The van der Waals surface area contributed by atoms with Crippen molar-refractivity contribution in [2.24, 2.45) is 0 Å². The number of thioether (sulfide) groups is 1. The van der Waals surface area contributed by atoms with Gasteiger partial charge in [-0.25, -0.2) is 0 Å². The summed E-state index contributed by atoms with van der Waals surface area (Å²) in [5, 5.41) is 3.43. The van der Waals surface area contributed by atoms with Crippen molar-refractivity contribution >= 4 is 35.2 Å². The molecular formula is C19H20ClNO3S. The van der Waals surface area contributed by atoms with Crippen LogP contribution in [0.25, 0.3) is 0 Å². The van der Waals surface area contributed by atoms with Gasteiger partial charge >= 0.3 is 5.97 Å². The van der Waals surface area contributed by atoms with Gasteiger partial charge in [-0.3, -0.25) is 9.59 Å². The van der Waals surface area contributed by atoms with E-state index in [1.54, 1.807) is 11.8 Å². The Kier molecular flexibility index (Phi) is 8.35. The Morgan fingerprint density at radius 1 is 1.04 bits per heavy atom. The molecule has 0 atom stereocenters. The van der Waals surface area contributed by atoms with Crippen LogP contribution in [-0.2, 0) is 20.7 Å². The molecule has 0 aliphatic rings. The molecule has 0 saturated heterocycles. The third-order valence-corrected chi connectivity index (χ3v) is 4.60. The van der Waals surface area contributed by atoms with E-state index in [0.29, 0.717) is 18.0 Å². The van der Waals surface area contributed by atoms with Crippen LogP contribution in [0.3, 0.4) is 0 Å². The fourth-order valence-corrected chi connectivity index (χ4v) is 2.94. The fourth-order valence-electron chi connectivity index (χ4n) is 2.05. The molecule has 2 aromatic rings. The first-order valence-corrected chi connectivity index (χ1v) is 9.34. The highest BCUT2D eigenvalue weighted by Crippen LogP contribution is 2.19. The molecule has 0 heterocycles. The van der Waals surface area contributed by atoms with Gasteiger partial charge in [-0.1, -0.05) is 41.9 Å². The highest BCUT2D eigenvalue weighted by Gasteiger charge is 2.07. The van der Waals surface area contributed by atoms with Gasteiger partial charge < -0.3 is 10.1 Å². The number of ether oxygens (including phenoxy) is 1. The second-order valence-electron chi connectivity index (χ2n) is 5.30. The minimum absolute atomic E-state index is 0.237. The number of aryl methyl sites for hydroxylation is 1. The lowest BCUT2D eigenvalue weighted by atomic mass is 10.1. The third kappa shape index (κ3) is 8.09. The zero-order valence-electron chi connectivity index (χ0n) is 13.7. The van der Waals surface area contributed by atoms with Crippen molar-refractivity contribution in [3.8, 4) is 0 Å². The molecule has 1 N–H and O–H groups in total. The van der Waals surface area contributed by atoms with Gasteiger partial charge in [0.25, 0.3) is 5.91 Å². The van der Waals surface area contributed by atoms with E-state index in [-0.39, 0.29) is 24.9 Å². The zero-order valence-corrected chi connectivity index (χ0v) is 15.3. The van der Waals surface area contributed by atoms with Gasteiger partial charge in [0.15, 0.2) is 6.61 Å². The maximum Gasteiger partial charge on any atom is 0.306 e. The highest BCUT2D eigenvalue weighted by atomic mass is 35.5. The van der Waals surface area contributed by atoms with Crippen molar-refractivity contribution in [1.82, 2.24) is 5.32 Å². The monoisotopic (exact) mass is 377 g/mol. The molecular weight excluding hydrogens is 358 g/mol. The van der Waals surface area contributed by atoms with Crippen molar-refractivity contribution < 1.29 is 14.3 Å². The smallest absolute Gasteiger partial charge is 0.306 e. The van der Waals surface area contributed by atoms with Crippen LogP contribution in [0.2, 0.25) is 5.02 Å². The van der Waals surface area contributed by atoms with Gasteiger partial charge in [-0.2, -0.15) is 0 Å². The van der Waals surface area contributed by atoms with Crippen LogP contribution >= 0.6 is 23.4 Å². The zero-order chi connectivity index (χ0) is 17.9. The predicted molar refractivity (Wildman–Crippen MR) is 101 cm³/mol. The number of rotatable bonds is 9. The molecule has 25 heavy (non-hydrogen) atoms. The maximum atomic E-state index is 11.7. The van der Waals surface area contributed by atoms with Crippen molar-refractivity contribution in [1.29, 1.82) is 0 Å². The van der Waals surface area contributed by atoms with Crippen LogP contribution in [0.1, 0.15) is 12.0 Å². The number of amides is 1. The van der Waals surface area contributed by atoms with E-state index in [1.807, 2.05) is 54.6 Å². The summed E-state index contributed by atoms with van der Waals surface area (Å²) in [6.07, 6.45) is 0.878. The van der Waals surface area contributed by atoms with E-state index in [9.17, 15) is 9.59 Å². The molecule has 0 bridgehead atoms. The fraction of sp³-hybridized carbons (Fsp3) is 0.263. The number of carbonyl (C=O) groups excluding carboxylic acids is 2. The van der Waals surface area contributed by atoms with Crippen molar-refractivity contribution in [2.45, 2.75) is 17.7 Å². The third-order valence-electron chi connectivity index (χ3n) is 3.33. The van der Waals surface area contributed by atoms with Gasteiger partial charge in [0.05, 0.1) is 0 Å². The number of hydrogen-bond donors (Lipinski definition) is 1. The molecule has 0 fully saturated rings. The average Bonchev–Trinajstić information content (AvgIpc) is 2.64. The van der Waals surface area contributed by atoms with Gasteiger partial charge in [-0.15, -0.1) is 11.8 Å². The second kappa shape index (κ2) is 10.8. The summed E-state index contributed by atoms with van der Waals surface area (Å²) < 4.78 is 4.98. The Balaban J connectivity index is 1.54. The van der Waals surface area contributed by atoms with Crippen LogP contribution in [0, 0.1) is 0 Å². The minimum atomic E-state index is -0.366. The van der Waals surface area contributed by atoms with Gasteiger partial charge in [-0.05, 0) is 36.2 Å². The largest absolute Gasteiger partial charge is 0.456 e. The quantitative estimate of drug-likeness (QED) is 0.411. The minimum Gasteiger partial charge on any atom is -0.456 e. The van der Waals surface area contributed by atoms with E-state index in [4.69, 9.17) is 16.3 Å². The second-order valence-corrected chi connectivity index (χ2v) is 6.90. The first-order valence-electron chi connectivity index (χ1n) is 7.98. The lowest BCUT2D eigenvalue weighted by molar-refractivity contribution is -0.148. The van der Waals surface area contributed by atoms with Gasteiger partial charge in [0.2, 0.25) is 0 Å². The van der Waals surface area contributed by atoms with Gasteiger partial charge in [0, 0.05) is 28.6 Å². The van der Waals surface area contributed by atoms with E-state index in [0.717, 1.165) is 16.2 Å². The first kappa shape index (κ1) is 19.3. The van der Waals surface area contributed by atoms with Crippen molar-refractivity contribution in [2.75, 3.05) is 18.9 Å². The molecule has 2 aromatic carbocycles. The predicted octanol–water partition coefficient (Wildman–Crippen LogP) is 3.72. The lowest BCUT2D eigenvalue weighted by Gasteiger charge is -2.07. The summed E-state index contributed by atoms with van der Waals surface area (Å²) in [6, 6.07) is 17.2. The SMILES string of the molecule is O=C(COC(=O)CCc1ccccc1)NCCSc1ccc(Cl)cc1. The van der Waals surface area contributed by atoms with E-state index in [2.05, 4.69) is 5.32 Å². The Morgan fingerprint density at radius 2 is 1.76 bits per heavy atom. The van der Waals surface area contributed by atoms with Gasteiger partial charge in [0.1, 0.15) is 0 Å². The van der Waals surface area contributed by atoms with E-state index < -0.39 is 0 Å². The summed E-state index contributed by atoms with van der Waals surface area (Å²) in [6.45, 7) is 0.271. The molecule has 0 unspecified atom stereocenters. The molecule has 0 spiro atoms. The molecule has 0 radical (unpaired) electrons. The number of nitrogens with one attached hydrogen (secondary N) is 1. The molecule has 1 amide bonds. The number of benzene rings is 2. The molecule has 0 aliphatic heterocycles. The summed E-state index contributed by atoms with van der Waals surface area (Å²) in [5.41, 5.74) is 1.07. The van der Waals surface area contributed by atoms with E-state index in [1.165, 1.54) is 0 Å². The molecule has 132 valence electrons. The number of carbonyl (C=O) groups is 2.